The number of hydrogen-bond donors (Lipinski definition) is 1. The largest absolute Gasteiger partial charge is 0.497 e. The summed E-state index contributed by atoms with van der Waals surface area (Å²) in [5.41, 5.74) is 6.77. The molecular formula is C13H19N5O. The lowest BCUT2D eigenvalue weighted by Crippen LogP contribution is -2.23. The van der Waals surface area contributed by atoms with Gasteiger partial charge >= 0.3 is 0 Å². The van der Waals surface area contributed by atoms with Gasteiger partial charge in [-0.05, 0) is 26.0 Å². The van der Waals surface area contributed by atoms with E-state index in [9.17, 15) is 0 Å². The molecule has 0 radical (unpaired) electrons. The number of nitrogens with zero attached hydrogens (tertiary/aromatic N) is 4. The minimum absolute atomic E-state index is 0.371. The second-order valence-corrected chi connectivity index (χ2v) is 4.06. The van der Waals surface area contributed by atoms with Crippen molar-refractivity contribution >= 4 is 11.9 Å². The molecule has 6 nitrogen and oxygen atoms in total. The summed E-state index contributed by atoms with van der Waals surface area (Å²) < 4.78 is 6.82. The quantitative estimate of drug-likeness (QED) is 0.887. The molecule has 1 aromatic carbocycles. The highest BCUT2D eigenvalue weighted by atomic mass is 16.5. The molecule has 1 aromatic heterocycles. The van der Waals surface area contributed by atoms with Gasteiger partial charge in [0.25, 0.3) is 0 Å². The maximum absolute atomic E-state index is 5.93. The SMILES string of the molecule is CCN(CC)c1nc(N)n(-c2cccc(OC)c2)n1. The zero-order chi connectivity index (χ0) is 13.8. The molecule has 0 aliphatic carbocycles. The lowest BCUT2D eigenvalue weighted by Gasteiger charge is -2.15. The van der Waals surface area contributed by atoms with Crippen molar-refractivity contribution in [2.75, 3.05) is 30.8 Å². The van der Waals surface area contributed by atoms with Crippen LogP contribution in [0.2, 0.25) is 0 Å². The Morgan fingerprint density at radius 3 is 2.68 bits per heavy atom. The molecule has 0 aliphatic heterocycles. The van der Waals surface area contributed by atoms with E-state index in [2.05, 4.69) is 23.9 Å². The van der Waals surface area contributed by atoms with Crippen LogP contribution in [0.15, 0.2) is 24.3 Å². The lowest BCUT2D eigenvalue weighted by atomic mass is 10.3. The summed E-state index contributed by atoms with van der Waals surface area (Å²) in [5, 5.41) is 4.45. The molecule has 0 saturated heterocycles. The second kappa shape index (κ2) is 5.60. The fraction of sp³-hybridized carbons (Fsp3) is 0.385. The molecule has 1 heterocycles. The average Bonchev–Trinajstić information content (AvgIpc) is 2.82. The first-order chi connectivity index (χ1) is 9.19. The molecule has 6 heteroatoms. The first kappa shape index (κ1) is 13.2. The third-order valence-corrected chi connectivity index (χ3v) is 2.97. The smallest absolute Gasteiger partial charge is 0.246 e. The molecule has 2 N–H and O–H groups in total. The number of nitrogen functional groups attached to an aromatic ring is 1. The van der Waals surface area contributed by atoms with E-state index in [0.717, 1.165) is 24.5 Å². The average molecular weight is 261 g/mol. The summed E-state index contributed by atoms with van der Waals surface area (Å²) in [6.45, 7) is 5.81. The number of ether oxygens (including phenoxy) is 1. The first-order valence-corrected chi connectivity index (χ1v) is 6.31. The minimum Gasteiger partial charge on any atom is -0.497 e. The summed E-state index contributed by atoms with van der Waals surface area (Å²) in [6, 6.07) is 7.56. The molecule has 0 atom stereocenters. The normalized spacial score (nSPS) is 10.5. The molecular weight excluding hydrogens is 242 g/mol. The number of hydrogen-bond acceptors (Lipinski definition) is 5. The summed E-state index contributed by atoms with van der Waals surface area (Å²) in [6.07, 6.45) is 0. The van der Waals surface area contributed by atoms with Crippen LogP contribution in [0.3, 0.4) is 0 Å². The van der Waals surface area contributed by atoms with Gasteiger partial charge in [-0.25, -0.2) is 0 Å². The summed E-state index contributed by atoms with van der Waals surface area (Å²) >= 11 is 0. The Balaban J connectivity index is 2.39. The number of anilines is 2. The van der Waals surface area contributed by atoms with Gasteiger partial charge in [-0.2, -0.15) is 9.67 Å². The van der Waals surface area contributed by atoms with Crippen LogP contribution in [0.5, 0.6) is 5.75 Å². The van der Waals surface area contributed by atoms with Gasteiger partial charge in [0.05, 0.1) is 12.8 Å². The molecule has 0 bridgehead atoms. The van der Waals surface area contributed by atoms with Crippen LogP contribution < -0.4 is 15.4 Å². The second-order valence-electron chi connectivity index (χ2n) is 4.06. The van der Waals surface area contributed by atoms with E-state index in [1.54, 1.807) is 11.8 Å². The van der Waals surface area contributed by atoms with Gasteiger partial charge in [-0.15, -0.1) is 5.10 Å². The van der Waals surface area contributed by atoms with Gasteiger partial charge in [-0.3, -0.25) is 0 Å². The van der Waals surface area contributed by atoms with E-state index < -0.39 is 0 Å². The fourth-order valence-electron chi connectivity index (χ4n) is 1.89. The zero-order valence-electron chi connectivity index (χ0n) is 11.5. The Kier molecular flexibility index (Phi) is 3.89. The molecule has 0 fully saturated rings. The van der Waals surface area contributed by atoms with Crippen molar-refractivity contribution in [3.63, 3.8) is 0 Å². The Hall–Kier alpha value is -2.24. The molecule has 0 saturated carbocycles. The van der Waals surface area contributed by atoms with Crippen molar-refractivity contribution in [3.8, 4) is 11.4 Å². The Morgan fingerprint density at radius 1 is 1.32 bits per heavy atom. The van der Waals surface area contributed by atoms with E-state index in [-0.39, 0.29) is 0 Å². The Bertz CT molecular complexity index is 548. The predicted octanol–water partition coefficient (Wildman–Crippen LogP) is 1.70. The minimum atomic E-state index is 0.371. The van der Waals surface area contributed by atoms with Crippen molar-refractivity contribution < 1.29 is 4.74 Å². The summed E-state index contributed by atoms with van der Waals surface area (Å²) in [4.78, 5) is 6.35. The van der Waals surface area contributed by atoms with Crippen molar-refractivity contribution in [2.45, 2.75) is 13.8 Å². The van der Waals surface area contributed by atoms with Crippen molar-refractivity contribution in [3.05, 3.63) is 24.3 Å². The number of methoxy groups -OCH3 is 1. The van der Waals surface area contributed by atoms with Gasteiger partial charge in [0.1, 0.15) is 5.75 Å². The van der Waals surface area contributed by atoms with Crippen molar-refractivity contribution in [1.82, 2.24) is 14.8 Å². The predicted molar refractivity (Wildman–Crippen MR) is 75.9 cm³/mol. The maximum Gasteiger partial charge on any atom is 0.246 e. The van der Waals surface area contributed by atoms with Gasteiger partial charge in [-0.1, -0.05) is 6.07 Å². The highest BCUT2D eigenvalue weighted by Gasteiger charge is 2.13. The Labute approximate surface area is 112 Å². The molecule has 19 heavy (non-hydrogen) atoms. The maximum atomic E-state index is 5.93. The van der Waals surface area contributed by atoms with Gasteiger partial charge in [0.2, 0.25) is 11.9 Å². The van der Waals surface area contributed by atoms with Gasteiger partial charge in [0, 0.05) is 19.2 Å². The number of benzene rings is 1. The third-order valence-electron chi connectivity index (χ3n) is 2.97. The van der Waals surface area contributed by atoms with Crippen LogP contribution in [0, 0.1) is 0 Å². The molecule has 2 aromatic rings. The van der Waals surface area contributed by atoms with Crippen LogP contribution in [0.25, 0.3) is 5.69 Å². The molecule has 0 spiro atoms. The molecule has 0 amide bonds. The highest BCUT2D eigenvalue weighted by Crippen LogP contribution is 2.20. The number of nitrogens with two attached hydrogens (primary N) is 1. The topological polar surface area (TPSA) is 69.2 Å². The van der Waals surface area contributed by atoms with Crippen LogP contribution in [-0.4, -0.2) is 35.0 Å². The van der Waals surface area contributed by atoms with E-state index in [1.165, 1.54) is 0 Å². The van der Waals surface area contributed by atoms with Crippen LogP contribution >= 0.6 is 0 Å². The molecule has 102 valence electrons. The molecule has 0 unspecified atom stereocenters. The van der Waals surface area contributed by atoms with Gasteiger partial charge in [0.15, 0.2) is 0 Å². The standard InChI is InChI=1S/C13H19N5O/c1-4-17(5-2)13-15-12(14)18(16-13)10-7-6-8-11(9-10)19-3/h6-9H,4-5H2,1-3H3,(H2,14,15,16). The third kappa shape index (κ3) is 2.62. The summed E-state index contributed by atoms with van der Waals surface area (Å²) in [7, 11) is 1.63. The van der Waals surface area contributed by atoms with Crippen LogP contribution in [0.4, 0.5) is 11.9 Å². The Morgan fingerprint density at radius 2 is 2.05 bits per heavy atom. The van der Waals surface area contributed by atoms with E-state index in [1.807, 2.05) is 29.2 Å². The van der Waals surface area contributed by atoms with Crippen LogP contribution in [-0.2, 0) is 0 Å². The first-order valence-electron chi connectivity index (χ1n) is 6.31. The van der Waals surface area contributed by atoms with E-state index in [4.69, 9.17) is 10.5 Å². The van der Waals surface area contributed by atoms with Crippen molar-refractivity contribution in [2.24, 2.45) is 0 Å². The highest BCUT2D eigenvalue weighted by molar-refractivity contribution is 5.45. The van der Waals surface area contributed by atoms with E-state index in [0.29, 0.717) is 11.9 Å². The number of rotatable bonds is 5. The zero-order valence-corrected chi connectivity index (χ0v) is 11.5. The fourth-order valence-corrected chi connectivity index (χ4v) is 1.89. The van der Waals surface area contributed by atoms with Gasteiger partial charge < -0.3 is 15.4 Å². The van der Waals surface area contributed by atoms with Crippen LogP contribution in [0.1, 0.15) is 13.8 Å². The molecule has 2 rings (SSSR count). The molecule has 0 aliphatic rings. The number of aromatic nitrogens is 3. The van der Waals surface area contributed by atoms with E-state index >= 15 is 0 Å². The lowest BCUT2D eigenvalue weighted by molar-refractivity contribution is 0.414. The monoisotopic (exact) mass is 261 g/mol. The van der Waals surface area contributed by atoms with Crippen molar-refractivity contribution in [1.29, 1.82) is 0 Å². The summed E-state index contributed by atoms with van der Waals surface area (Å²) in [5.74, 6) is 1.78.